The topological polar surface area (TPSA) is 20.2 Å². The Hall–Kier alpha value is -0.530. The Balaban J connectivity index is 0.000000921. The van der Waals surface area contributed by atoms with Crippen molar-refractivity contribution >= 4 is 11.6 Å². The van der Waals surface area contributed by atoms with Gasteiger partial charge < -0.3 is 5.11 Å². The molecule has 1 rings (SSSR count). The molecule has 1 nitrogen and oxygen atoms in total. The average molecular weight is 229 g/mol. The summed E-state index contributed by atoms with van der Waals surface area (Å²) in [5, 5.41) is 10.3. The van der Waals surface area contributed by atoms with Gasteiger partial charge >= 0.3 is 0 Å². The van der Waals surface area contributed by atoms with E-state index in [9.17, 15) is 5.11 Å². The van der Waals surface area contributed by atoms with Gasteiger partial charge in [0.15, 0.2) is 0 Å². The van der Waals surface area contributed by atoms with Crippen molar-refractivity contribution in [2.75, 3.05) is 0 Å². The highest BCUT2D eigenvalue weighted by molar-refractivity contribution is 6.30. The first-order valence-electron chi connectivity index (χ1n) is 5.65. The molecule has 15 heavy (non-hydrogen) atoms. The molecule has 0 saturated heterocycles. The fourth-order valence-electron chi connectivity index (χ4n) is 1.37. The zero-order chi connectivity index (χ0) is 11.7. The lowest BCUT2D eigenvalue weighted by molar-refractivity contribution is 0.164. The Morgan fingerprint density at radius 3 is 2.53 bits per heavy atom. The highest BCUT2D eigenvalue weighted by Crippen LogP contribution is 2.13. The van der Waals surface area contributed by atoms with E-state index in [1.165, 1.54) is 0 Å². The molecule has 1 atom stereocenters. The van der Waals surface area contributed by atoms with Crippen LogP contribution in [0.4, 0.5) is 0 Å². The first-order valence-corrected chi connectivity index (χ1v) is 6.02. The number of aliphatic hydroxyl groups is 1. The van der Waals surface area contributed by atoms with Crippen molar-refractivity contribution in [3.8, 4) is 0 Å². The van der Waals surface area contributed by atoms with Crippen LogP contribution < -0.4 is 0 Å². The van der Waals surface area contributed by atoms with E-state index in [4.69, 9.17) is 11.6 Å². The third-order valence-corrected chi connectivity index (χ3v) is 2.22. The first-order chi connectivity index (χ1) is 7.22. The fraction of sp³-hybridized carbons (Fsp3) is 0.538. The van der Waals surface area contributed by atoms with Gasteiger partial charge in [-0.15, -0.1) is 0 Å². The molecular weight excluding hydrogens is 208 g/mol. The van der Waals surface area contributed by atoms with Crippen LogP contribution >= 0.6 is 11.6 Å². The second kappa shape index (κ2) is 8.75. The van der Waals surface area contributed by atoms with Crippen LogP contribution in [0.2, 0.25) is 5.02 Å². The van der Waals surface area contributed by atoms with E-state index in [2.05, 4.69) is 6.92 Å². The third-order valence-electron chi connectivity index (χ3n) is 1.98. The monoisotopic (exact) mass is 228 g/mol. The molecule has 1 unspecified atom stereocenters. The summed E-state index contributed by atoms with van der Waals surface area (Å²) in [6.07, 6.45) is 2.34. The Morgan fingerprint density at radius 1 is 1.33 bits per heavy atom. The molecule has 0 aliphatic carbocycles. The largest absolute Gasteiger partial charge is 0.393 e. The summed E-state index contributed by atoms with van der Waals surface area (Å²) < 4.78 is 0. The smallest absolute Gasteiger partial charge is 0.0580 e. The summed E-state index contributed by atoms with van der Waals surface area (Å²) >= 11 is 5.82. The lowest BCUT2D eigenvalue weighted by atomic mass is 10.1. The summed E-state index contributed by atoms with van der Waals surface area (Å²) in [6, 6.07) is 7.65. The van der Waals surface area contributed by atoms with Gasteiger partial charge in [0.25, 0.3) is 0 Å². The number of halogens is 1. The summed E-state index contributed by atoms with van der Waals surface area (Å²) in [5.74, 6) is 0. The van der Waals surface area contributed by atoms with Gasteiger partial charge in [-0.3, -0.25) is 0 Å². The van der Waals surface area contributed by atoms with E-state index in [-0.39, 0.29) is 6.10 Å². The van der Waals surface area contributed by atoms with Crippen LogP contribution in [-0.4, -0.2) is 11.2 Å². The number of aliphatic hydroxyl groups excluding tert-OH is 1. The predicted octanol–water partition coefficient (Wildman–Crippen LogP) is 4.07. The molecule has 2 heteroatoms. The molecule has 0 aliphatic heterocycles. The molecule has 1 aromatic carbocycles. The van der Waals surface area contributed by atoms with Gasteiger partial charge in [0, 0.05) is 5.02 Å². The molecule has 86 valence electrons. The summed E-state index contributed by atoms with van der Waals surface area (Å²) in [4.78, 5) is 0. The van der Waals surface area contributed by atoms with Crippen LogP contribution in [0.1, 0.15) is 39.2 Å². The molecule has 0 amide bonds. The van der Waals surface area contributed by atoms with Crippen LogP contribution in [0.25, 0.3) is 0 Å². The standard InChI is InChI=1S/C11H15ClO.C2H6/c1-2-4-11(13)8-9-5-3-6-10(12)7-9;1-2/h3,5-7,11,13H,2,4,8H2,1H3;1-2H3. The van der Waals surface area contributed by atoms with E-state index >= 15 is 0 Å². The molecule has 0 fully saturated rings. The van der Waals surface area contributed by atoms with E-state index in [1.807, 2.05) is 38.1 Å². The molecule has 0 radical (unpaired) electrons. The molecule has 0 aromatic heterocycles. The number of benzene rings is 1. The van der Waals surface area contributed by atoms with Crippen molar-refractivity contribution in [3.05, 3.63) is 34.9 Å². The summed E-state index contributed by atoms with van der Waals surface area (Å²) in [6.45, 7) is 6.07. The van der Waals surface area contributed by atoms with Crippen molar-refractivity contribution in [3.63, 3.8) is 0 Å². The maximum absolute atomic E-state index is 9.55. The number of hydrogen-bond donors (Lipinski definition) is 1. The van der Waals surface area contributed by atoms with Gasteiger partial charge in [0.05, 0.1) is 6.10 Å². The number of hydrogen-bond acceptors (Lipinski definition) is 1. The highest BCUT2D eigenvalue weighted by Gasteiger charge is 2.03. The molecule has 0 heterocycles. The SMILES string of the molecule is CC.CCCC(O)Cc1cccc(Cl)c1. The molecule has 0 bridgehead atoms. The zero-order valence-electron chi connectivity index (χ0n) is 9.83. The zero-order valence-corrected chi connectivity index (χ0v) is 10.6. The Labute approximate surface area is 98.1 Å². The normalized spacial score (nSPS) is 11.5. The average Bonchev–Trinajstić information content (AvgIpc) is 2.21. The summed E-state index contributed by atoms with van der Waals surface area (Å²) in [5.41, 5.74) is 1.11. The number of rotatable bonds is 4. The minimum atomic E-state index is -0.233. The van der Waals surface area contributed by atoms with Crippen LogP contribution in [-0.2, 0) is 6.42 Å². The molecule has 1 aromatic rings. The lowest BCUT2D eigenvalue weighted by Crippen LogP contribution is -2.09. The first kappa shape index (κ1) is 14.5. The maximum Gasteiger partial charge on any atom is 0.0580 e. The van der Waals surface area contributed by atoms with Crippen LogP contribution in [0.3, 0.4) is 0 Å². The van der Waals surface area contributed by atoms with Crippen molar-refractivity contribution < 1.29 is 5.11 Å². The van der Waals surface area contributed by atoms with Gasteiger partial charge in [-0.2, -0.15) is 0 Å². The fourth-order valence-corrected chi connectivity index (χ4v) is 1.58. The minimum absolute atomic E-state index is 0.233. The Morgan fingerprint density at radius 2 is 2.00 bits per heavy atom. The summed E-state index contributed by atoms with van der Waals surface area (Å²) in [7, 11) is 0. The predicted molar refractivity (Wildman–Crippen MR) is 67.4 cm³/mol. The Kier molecular flexibility index (Phi) is 8.44. The Bertz CT molecular complexity index is 260. The molecule has 1 N–H and O–H groups in total. The van der Waals surface area contributed by atoms with E-state index in [0.29, 0.717) is 6.42 Å². The van der Waals surface area contributed by atoms with E-state index in [0.717, 1.165) is 23.4 Å². The maximum atomic E-state index is 9.55. The van der Waals surface area contributed by atoms with Gasteiger partial charge in [-0.1, -0.05) is 50.9 Å². The van der Waals surface area contributed by atoms with Crippen LogP contribution in [0.5, 0.6) is 0 Å². The van der Waals surface area contributed by atoms with Gasteiger partial charge in [0.1, 0.15) is 0 Å². The van der Waals surface area contributed by atoms with Gasteiger partial charge in [-0.05, 0) is 30.5 Å². The second-order valence-corrected chi connectivity index (χ2v) is 3.71. The van der Waals surface area contributed by atoms with Crippen molar-refractivity contribution in [2.24, 2.45) is 0 Å². The van der Waals surface area contributed by atoms with Gasteiger partial charge in [0.2, 0.25) is 0 Å². The van der Waals surface area contributed by atoms with Crippen molar-refractivity contribution in [1.29, 1.82) is 0 Å². The van der Waals surface area contributed by atoms with E-state index < -0.39 is 0 Å². The van der Waals surface area contributed by atoms with Crippen LogP contribution in [0, 0.1) is 0 Å². The van der Waals surface area contributed by atoms with Gasteiger partial charge in [-0.25, -0.2) is 0 Å². The lowest BCUT2D eigenvalue weighted by Gasteiger charge is -2.08. The molecule has 0 spiro atoms. The highest BCUT2D eigenvalue weighted by atomic mass is 35.5. The molecule has 0 aliphatic rings. The van der Waals surface area contributed by atoms with Crippen LogP contribution in [0.15, 0.2) is 24.3 Å². The van der Waals surface area contributed by atoms with E-state index in [1.54, 1.807) is 0 Å². The van der Waals surface area contributed by atoms with Crippen molar-refractivity contribution in [2.45, 2.75) is 46.1 Å². The van der Waals surface area contributed by atoms with Crippen molar-refractivity contribution in [1.82, 2.24) is 0 Å². The second-order valence-electron chi connectivity index (χ2n) is 3.28. The molecular formula is C13H21ClO. The quantitative estimate of drug-likeness (QED) is 0.824. The molecule has 0 saturated carbocycles. The minimum Gasteiger partial charge on any atom is -0.393 e. The third kappa shape index (κ3) is 6.53.